The molecule has 3 heteroatoms. The Kier molecular flexibility index (Phi) is 5.07. The molecule has 1 atom stereocenters. The van der Waals surface area contributed by atoms with Gasteiger partial charge in [-0.25, -0.2) is 0 Å². The number of aryl methyl sites for hydroxylation is 3. The van der Waals surface area contributed by atoms with E-state index >= 15 is 0 Å². The molecule has 0 heterocycles. The highest BCUT2D eigenvalue weighted by atomic mass is 79.9. The van der Waals surface area contributed by atoms with Gasteiger partial charge in [0.25, 0.3) is 0 Å². The molecule has 0 bridgehead atoms. The lowest BCUT2D eigenvalue weighted by Crippen LogP contribution is -2.21. The van der Waals surface area contributed by atoms with Gasteiger partial charge in [0.2, 0.25) is 0 Å². The first-order chi connectivity index (χ1) is 9.93. The maximum absolute atomic E-state index is 6.01. The van der Waals surface area contributed by atoms with Crippen molar-refractivity contribution in [2.24, 2.45) is 5.73 Å². The van der Waals surface area contributed by atoms with Gasteiger partial charge in [0, 0.05) is 16.7 Å². The third kappa shape index (κ3) is 3.47. The molecular weight excluding hydrogens is 324 g/mol. The highest BCUT2D eigenvalue weighted by molar-refractivity contribution is 9.10. The van der Waals surface area contributed by atoms with E-state index < -0.39 is 0 Å². The molecule has 0 aliphatic rings. The van der Waals surface area contributed by atoms with Crippen LogP contribution >= 0.6 is 15.9 Å². The third-order valence-electron chi connectivity index (χ3n) is 4.03. The molecular formula is C18H23BrN2. The molecule has 0 aliphatic heterocycles. The van der Waals surface area contributed by atoms with E-state index in [0.29, 0.717) is 6.54 Å². The highest BCUT2D eigenvalue weighted by Crippen LogP contribution is 2.28. The van der Waals surface area contributed by atoms with Crippen LogP contribution in [0.5, 0.6) is 0 Å². The normalized spacial score (nSPS) is 12.3. The van der Waals surface area contributed by atoms with E-state index in [-0.39, 0.29) is 6.04 Å². The first-order valence-electron chi connectivity index (χ1n) is 7.23. The Morgan fingerprint density at radius 3 is 2.24 bits per heavy atom. The second-order valence-electron chi connectivity index (χ2n) is 5.65. The molecule has 0 radical (unpaired) electrons. The quantitative estimate of drug-likeness (QED) is 0.834. The van der Waals surface area contributed by atoms with E-state index in [0.717, 1.165) is 5.69 Å². The summed E-state index contributed by atoms with van der Waals surface area (Å²) >= 11 is 3.61. The van der Waals surface area contributed by atoms with Crippen molar-refractivity contribution >= 4 is 21.6 Å². The average Bonchev–Trinajstić information content (AvgIpc) is 2.45. The lowest BCUT2D eigenvalue weighted by molar-refractivity contribution is 0.781. The zero-order valence-corrected chi connectivity index (χ0v) is 14.7. The number of nitrogens with two attached hydrogens (primary N) is 1. The van der Waals surface area contributed by atoms with E-state index in [1.807, 2.05) is 0 Å². The van der Waals surface area contributed by atoms with Crippen molar-refractivity contribution in [3.8, 4) is 0 Å². The van der Waals surface area contributed by atoms with Crippen molar-refractivity contribution in [3.63, 3.8) is 0 Å². The van der Waals surface area contributed by atoms with Crippen LogP contribution in [-0.2, 0) is 0 Å². The zero-order chi connectivity index (χ0) is 15.6. The minimum Gasteiger partial charge on any atom is -0.377 e. The van der Waals surface area contributed by atoms with E-state index in [2.05, 4.69) is 79.3 Å². The number of nitrogens with one attached hydrogen (secondary N) is 1. The number of rotatable bonds is 4. The predicted molar refractivity (Wildman–Crippen MR) is 95.0 cm³/mol. The molecule has 2 aromatic rings. The minimum absolute atomic E-state index is 0.130. The van der Waals surface area contributed by atoms with E-state index in [4.69, 9.17) is 5.73 Å². The number of halogens is 1. The van der Waals surface area contributed by atoms with E-state index in [1.54, 1.807) is 0 Å². The monoisotopic (exact) mass is 346 g/mol. The zero-order valence-electron chi connectivity index (χ0n) is 13.1. The van der Waals surface area contributed by atoms with E-state index in [9.17, 15) is 0 Å². The van der Waals surface area contributed by atoms with Gasteiger partial charge in [0.05, 0.1) is 6.04 Å². The lowest BCUT2D eigenvalue weighted by Gasteiger charge is -2.22. The smallest absolute Gasteiger partial charge is 0.0638 e. The Bertz CT molecular complexity index is 627. The maximum Gasteiger partial charge on any atom is 0.0638 e. The van der Waals surface area contributed by atoms with Crippen LogP contribution in [0.15, 0.2) is 34.8 Å². The largest absolute Gasteiger partial charge is 0.377 e. The fraction of sp³-hybridized carbons (Fsp3) is 0.333. The Labute approximate surface area is 135 Å². The molecule has 0 aliphatic carbocycles. The lowest BCUT2D eigenvalue weighted by atomic mass is 9.97. The molecule has 0 aromatic heterocycles. The minimum atomic E-state index is 0.130. The van der Waals surface area contributed by atoms with Gasteiger partial charge in [-0.05, 0) is 67.6 Å². The number of hydrogen-bond acceptors (Lipinski definition) is 2. The summed E-state index contributed by atoms with van der Waals surface area (Å²) in [4.78, 5) is 0. The van der Waals surface area contributed by atoms with Crippen molar-refractivity contribution in [2.75, 3.05) is 11.9 Å². The van der Waals surface area contributed by atoms with E-state index in [1.165, 1.54) is 32.3 Å². The van der Waals surface area contributed by atoms with Gasteiger partial charge in [0.15, 0.2) is 0 Å². The molecule has 0 saturated carbocycles. The Hall–Kier alpha value is -1.32. The summed E-state index contributed by atoms with van der Waals surface area (Å²) in [6.07, 6.45) is 0. The van der Waals surface area contributed by atoms with Crippen LogP contribution in [0.3, 0.4) is 0 Å². The Balaban J connectivity index is 2.33. The summed E-state index contributed by atoms with van der Waals surface area (Å²) in [5.41, 5.74) is 13.5. The number of anilines is 1. The molecule has 0 spiro atoms. The second-order valence-corrected chi connectivity index (χ2v) is 6.44. The predicted octanol–water partition coefficient (Wildman–Crippen LogP) is 4.79. The van der Waals surface area contributed by atoms with Crippen molar-refractivity contribution in [1.82, 2.24) is 0 Å². The molecule has 2 aromatic carbocycles. The summed E-state index contributed by atoms with van der Waals surface area (Å²) < 4.78 is 1.17. The molecule has 2 rings (SSSR count). The summed E-state index contributed by atoms with van der Waals surface area (Å²) in [7, 11) is 0. The maximum atomic E-state index is 6.01. The van der Waals surface area contributed by atoms with Crippen LogP contribution in [0.4, 0.5) is 5.69 Å². The van der Waals surface area contributed by atoms with Crippen LogP contribution in [-0.4, -0.2) is 6.54 Å². The van der Waals surface area contributed by atoms with Crippen LogP contribution in [0.1, 0.15) is 33.9 Å². The first kappa shape index (κ1) is 16.1. The van der Waals surface area contributed by atoms with Crippen molar-refractivity contribution in [2.45, 2.75) is 33.7 Å². The number of hydrogen-bond donors (Lipinski definition) is 2. The third-order valence-corrected chi connectivity index (χ3v) is 5.29. The van der Waals surface area contributed by atoms with Gasteiger partial charge >= 0.3 is 0 Å². The molecule has 0 saturated heterocycles. The summed E-state index contributed by atoms with van der Waals surface area (Å²) in [6.45, 7) is 9.08. The summed E-state index contributed by atoms with van der Waals surface area (Å²) in [5, 5.41) is 3.58. The fourth-order valence-electron chi connectivity index (χ4n) is 2.65. The molecule has 0 fully saturated rings. The molecule has 112 valence electrons. The Morgan fingerprint density at radius 2 is 1.67 bits per heavy atom. The van der Waals surface area contributed by atoms with Crippen molar-refractivity contribution in [3.05, 3.63) is 62.6 Å². The van der Waals surface area contributed by atoms with Crippen LogP contribution in [0.25, 0.3) is 0 Å². The van der Waals surface area contributed by atoms with Gasteiger partial charge in [-0.2, -0.15) is 0 Å². The number of benzene rings is 2. The van der Waals surface area contributed by atoms with Crippen LogP contribution < -0.4 is 11.1 Å². The molecule has 21 heavy (non-hydrogen) atoms. The standard InChI is InChI=1S/C18H23BrN2/c1-11-6-5-7-16(14(11)4)17(10-20)21-15-8-12(2)18(19)13(3)9-15/h5-9,17,21H,10,20H2,1-4H3. The van der Waals surface area contributed by atoms with Crippen LogP contribution in [0, 0.1) is 27.7 Å². The average molecular weight is 347 g/mol. The molecule has 0 amide bonds. The van der Waals surface area contributed by atoms with Crippen molar-refractivity contribution < 1.29 is 0 Å². The first-order valence-corrected chi connectivity index (χ1v) is 8.02. The Morgan fingerprint density at radius 1 is 1.05 bits per heavy atom. The van der Waals surface area contributed by atoms with Crippen LogP contribution in [0.2, 0.25) is 0 Å². The van der Waals surface area contributed by atoms with Gasteiger partial charge < -0.3 is 11.1 Å². The fourth-order valence-corrected chi connectivity index (χ4v) is 2.87. The van der Waals surface area contributed by atoms with Gasteiger partial charge in [-0.1, -0.05) is 34.1 Å². The highest BCUT2D eigenvalue weighted by Gasteiger charge is 2.14. The molecule has 2 nitrogen and oxygen atoms in total. The van der Waals surface area contributed by atoms with Crippen molar-refractivity contribution in [1.29, 1.82) is 0 Å². The topological polar surface area (TPSA) is 38.0 Å². The second kappa shape index (κ2) is 6.63. The molecule has 1 unspecified atom stereocenters. The molecule has 3 N–H and O–H groups in total. The SMILES string of the molecule is Cc1cccc(C(CN)Nc2cc(C)c(Br)c(C)c2)c1C. The summed E-state index contributed by atoms with van der Waals surface area (Å²) in [5.74, 6) is 0. The van der Waals surface area contributed by atoms with Gasteiger partial charge in [-0.15, -0.1) is 0 Å². The van der Waals surface area contributed by atoms with Gasteiger partial charge in [-0.3, -0.25) is 0 Å². The summed E-state index contributed by atoms with van der Waals surface area (Å²) in [6, 6.07) is 10.8. The van der Waals surface area contributed by atoms with Gasteiger partial charge in [0.1, 0.15) is 0 Å².